The van der Waals surface area contributed by atoms with Crippen LogP contribution in [0.4, 0.5) is 5.82 Å². The Morgan fingerprint density at radius 1 is 1.30 bits per heavy atom. The summed E-state index contributed by atoms with van der Waals surface area (Å²) in [7, 11) is 3.81. The van der Waals surface area contributed by atoms with Crippen molar-refractivity contribution in [3.63, 3.8) is 0 Å². The molecule has 0 saturated heterocycles. The van der Waals surface area contributed by atoms with Gasteiger partial charge in [0.05, 0.1) is 11.1 Å². The number of fused-ring (bicyclic) bond motifs is 1. The van der Waals surface area contributed by atoms with E-state index in [1.807, 2.05) is 49.3 Å². The number of aromatic amines is 1. The van der Waals surface area contributed by atoms with Gasteiger partial charge in [0.15, 0.2) is 0 Å². The van der Waals surface area contributed by atoms with Gasteiger partial charge in [-0.05, 0) is 12.1 Å². The number of hydrogen-bond donors (Lipinski definition) is 2. The molecule has 0 aliphatic rings. The molecule has 7 heteroatoms. The van der Waals surface area contributed by atoms with E-state index >= 15 is 0 Å². The first-order valence-corrected chi connectivity index (χ1v) is 7.34. The van der Waals surface area contributed by atoms with Gasteiger partial charge in [0, 0.05) is 32.4 Å². The number of H-pyrrole nitrogens is 1. The smallest absolute Gasteiger partial charge is 0.252 e. The highest BCUT2D eigenvalue weighted by Gasteiger charge is 2.13. The number of nitrogens with one attached hydrogen (secondary N) is 2. The number of pyridine rings is 1. The Bertz CT molecular complexity index is 813. The van der Waals surface area contributed by atoms with Gasteiger partial charge in [-0.2, -0.15) is 5.10 Å². The first kappa shape index (κ1) is 15.0. The molecule has 0 radical (unpaired) electrons. The standard InChI is InChI=1S/C16H18N6O/c1-22(2)15-9-12(11-5-3-4-6-13(11)20-15)16(23)17-8-7-14-18-10-19-21-14/h3-6,9-10H,7-8H2,1-2H3,(H,17,23)(H,18,19,21). The van der Waals surface area contributed by atoms with Crippen LogP contribution in [0.1, 0.15) is 16.2 Å². The summed E-state index contributed by atoms with van der Waals surface area (Å²) in [6.45, 7) is 0.488. The van der Waals surface area contributed by atoms with Crippen LogP contribution in [0, 0.1) is 0 Å². The Morgan fingerprint density at radius 2 is 2.13 bits per heavy atom. The second-order valence-corrected chi connectivity index (χ2v) is 5.38. The predicted molar refractivity (Wildman–Crippen MR) is 88.5 cm³/mol. The molecule has 0 unspecified atom stereocenters. The van der Waals surface area contributed by atoms with Gasteiger partial charge < -0.3 is 10.2 Å². The van der Waals surface area contributed by atoms with Gasteiger partial charge in [0.1, 0.15) is 18.0 Å². The molecule has 118 valence electrons. The molecule has 3 rings (SSSR count). The summed E-state index contributed by atoms with van der Waals surface area (Å²) < 4.78 is 0. The van der Waals surface area contributed by atoms with Crippen molar-refractivity contribution in [3.05, 3.63) is 48.0 Å². The van der Waals surface area contributed by atoms with Crippen molar-refractivity contribution in [3.8, 4) is 0 Å². The molecule has 1 aromatic carbocycles. The molecule has 23 heavy (non-hydrogen) atoms. The fraction of sp³-hybridized carbons (Fsp3) is 0.250. The maximum atomic E-state index is 12.6. The number of anilines is 1. The Kier molecular flexibility index (Phi) is 4.18. The zero-order valence-electron chi connectivity index (χ0n) is 13.1. The van der Waals surface area contributed by atoms with E-state index in [9.17, 15) is 4.79 Å². The Morgan fingerprint density at radius 3 is 2.87 bits per heavy atom. The number of carbonyl (C=O) groups excluding carboxylic acids is 1. The van der Waals surface area contributed by atoms with Crippen LogP contribution in [0.3, 0.4) is 0 Å². The zero-order valence-corrected chi connectivity index (χ0v) is 13.1. The van der Waals surface area contributed by atoms with E-state index in [2.05, 4.69) is 25.5 Å². The van der Waals surface area contributed by atoms with Crippen molar-refractivity contribution in [2.75, 3.05) is 25.5 Å². The number of benzene rings is 1. The van der Waals surface area contributed by atoms with Crippen LogP contribution in [-0.2, 0) is 6.42 Å². The number of amides is 1. The molecule has 0 saturated carbocycles. The summed E-state index contributed by atoms with van der Waals surface area (Å²) in [5, 5.41) is 10.3. The minimum Gasteiger partial charge on any atom is -0.363 e. The zero-order chi connectivity index (χ0) is 16.2. The van der Waals surface area contributed by atoms with Gasteiger partial charge in [-0.3, -0.25) is 9.89 Å². The third-order valence-electron chi connectivity index (χ3n) is 3.52. The second-order valence-electron chi connectivity index (χ2n) is 5.38. The van der Waals surface area contributed by atoms with Gasteiger partial charge in [-0.25, -0.2) is 9.97 Å². The number of para-hydroxylation sites is 1. The monoisotopic (exact) mass is 310 g/mol. The van der Waals surface area contributed by atoms with Crippen molar-refractivity contribution in [1.29, 1.82) is 0 Å². The lowest BCUT2D eigenvalue weighted by Crippen LogP contribution is -2.26. The van der Waals surface area contributed by atoms with Crippen molar-refractivity contribution in [1.82, 2.24) is 25.5 Å². The molecule has 1 amide bonds. The van der Waals surface area contributed by atoms with Crippen molar-refractivity contribution < 1.29 is 4.79 Å². The number of hydrogen-bond acceptors (Lipinski definition) is 5. The SMILES string of the molecule is CN(C)c1cc(C(=O)NCCc2ncn[nH]2)c2ccccc2n1. The fourth-order valence-electron chi connectivity index (χ4n) is 2.32. The first-order valence-electron chi connectivity index (χ1n) is 7.34. The summed E-state index contributed by atoms with van der Waals surface area (Å²) in [6.07, 6.45) is 2.06. The van der Waals surface area contributed by atoms with Crippen LogP contribution in [0.5, 0.6) is 0 Å². The molecule has 0 spiro atoms. The van der Waals surface area contributed by atoms with Crippen LogP contribution in [0.25, 0.3) is 10.9 Å². The summed E-state index contributed by atoms with van der Waals surface area (Å²) in [5.74, 6) is 1.38. The lowest BCUT2D eigenvalue weighted by molar-refractivity contribution is 0.0955. The summed E-state index contributed by atoms with van der Waals surface area (Å²) in [5.41, 5.74) is 1.43. The van der Waals surface area contributed by atoms with Gasteiger partial charge in [0.2, 0.25) is 0 Å². The topological polar surface area (TPSA) is 86.8 Å². The Balaban J connectivity index is 1.83. The molecule has 0 bridgehead atoms. The maximum Gasteiger partial charge on any atom is 0.252 e. The van der Waals surface area contributed by atoms with E-state index in [1.54, 1.807) is 0 Å². The quantitative estimate of drug-likeness (QED) is 0.743. The van der Waals surface area contributed by atoms with Gasteiger partial charge in [-0.1, -0.05) is 18.2 Å². The molecule has 2 N–H and O–H groups in total. The summed E-state index contributed by atoms with van der Waals surface area (Å²) in [6, 6.07) is 9.46. The maximum absolute atomic E-state index is 12.6. The molecule has 0 aliphatic heterocycles. The molecule has 2 aromatic heterocycles. The summed E-state index contributed by atoms with van der Waals surface area (Å²) >= 11 is 0. The number of rotatable bonds is 5. The molecule has 0 atom stereocenters. The molecule has 3 aromatic rings. The fourth-order valence-corrected chi connectivity index (χ4v) is 2.32. The number of nitrogens with zero attached hydrogens (tertiary/aromatic N) is 4. The minimum absolute atomic E-state index is 0.119. The van der Waals surface area contributed by atoms with Crippen molar-refractivity contribution >= 4 is 22.6 Å². The first-order chi connectivity index (χ1) is 11.1. The highest BCUT2D eigenvalue weighted by molar-refractivity contribution is 6.07. The highest BCUT2D eigenvalue weighted by atomic mass is 16.1. The van der Waals surface area contributed by atoms with E-state index in [-0.39, 0.29) is 5.91 Å². The predicted octanol–water partition coefficient (Wildman–Crippen LogP) is 1.39. The van der Waals surface area contributed by atoms with Crippen LogP contribution >= 0.6 is 0 Å². The average Bonchev–Trinajstić information content (AvgIpc) is 3.07. The third kappa shape index (κ3) is 3.28. The molecule has 2 heterocycles. The van der Waals surface area contributed by atoms with E-state index in [1.165, 1.54) is 6.33 Å². The Hall–Kier alpha value is -2.96. The molecule has 0 aliphatic carbocycles. The molecular formula is C16H18N6O. The number of aromatic nitrogens is 4. The van der Waals surface area contributed by atoms with Crippen molar-refractivity contribution in [2.45, 2.75) is 6.42 Å². The normalized spacial score (nSPS) is 10.7. The van der Waals surface area contributed by atoms with E-state index in [0.29, 0.717) is 18.5 Å². The lowest BCUT2D eigenvalue weighted by atomic mass is 10.1. The van der Waals surface area contributed by atoms with E-state index in [0.717, 1.165) is 22.5 Å². The van der Waals surface area contributed by atoms with Crippen LogP contribution in [-0.4, -0.2) is 46.7 Å². The molecule has 0 fully saturated rings. The second kappa shape index (κ2) is 6.43. The van der Waals surface area contributed by atoms with Gasteiger partial charge in [-0.15, -0.1) is 0 Å². The number of carbonyl (C=O) groups is 1. The summed E-state index contributed by atoms with van der Waals surface area (Å²) in [4.78, 5) is 23.0. The largest absolute Gasteiger partial charge is 0.363 e. The van der Waals surface area contributed by atoms with Gasteiger partial charge in [0.25, 0.3) is 5.91 Å². The molecular weight excluding hydrogens is 292 g/mol. The van der Waals surface area contributed by atoms with Crippen molar-refractivity contribution in [2.24, 2.45) is 0 Å². The van der Waals surface area contributed by atoms with Crippen LogP contribution < -0.4 is 10.2 Å². The third-order valence-corrected chi connectivity index (χ3v) is 3.52. The highest BCUT2D eigenvalue weighted by Crippen LogP contribution is 2.22. The van der Waals surface area contributed by atoms with E-state index < -0.39 is 0 Å². The Labute approximate surface area is 133 Å². The van der Waals surface area contributed by atoms with Crippen LogP contribution in [0.15, 0.2) is 36.7 Å². The average molecular weight is 310 g/mol. The lowest BCUT2D eigenvalue weighted by Gasteiger charge is -2.15. The van der Waals surface area contributed by atoms with Crippen LogP contribution in [0.2, 0.25) is 0 Å². The minimum atomic E-state index is -0.119. The van der Waals surface area contributed by atoms with Gasteiger partial charge >= 0.3 is 0 Å². The van der Waals surface area contributed by atoms with E-state index in [4.69, 9.17) is 0 Å². The molecule has 7 nitrogen and oxygen atoms in total.